The fourth-order valence-electron chi connectivity index (χ4n) is 3.15. The Kier molecular flexibility index (Phi) is 6.69. The Morgan fingerprint density at radius 3 is 2.41 bits per heavy atom. The van der Waals surface area contributed by atoms with Crippen molar-refractivity contribution >= 4 is 34.8 Å². The van der Waals surface area contributed by atoms with E-state index in [1.54, 1.807) is 55.0 Å². The molecule has 8 nitrogen and oxygen atoms in total. The molecule has 0 aliphatic heterocycles. The van der Waals surface area contributed by atoms with Crippen molar-refractivity contribution in [3.05, 3.63) is 103 Å². The second-order valence-electron chi connectivity index (χ2n) is 7.39. The number of benzene rings is 2. The molecule has 2 heterocycles. The van der Waals surface area contributed by atoms with E-state index >= 15 is 0 Å². The predicted molar refractivity (Wildman–Crippen MR) is 133 cm³/mol. The summed E-state index contributed by atoms with van der Waals surface area (Å²) in [5.41, 5.74) is 4.97. The average Bonchev–Trinajstić information content (AvgIpc) is 2.87. The highest BCUT2D eigenvalue weighted by Crippen LogP contribution is 2.23. The monoisotopic (exact) mass is 450 g/mol. The molecule has 2 amide bonds. The van der Waals surface area contributed by atoms with E-state index < -0.39 is 0 Å². The number of carbonyl (C=O) groups is 2. The summed E-state index contributed by atoms with van der Waals surface area (Å²) < 4.78 is 0. The number of nitrogens with one attached hydrogen (secondary N) is 3. The van der Waals surface area contributed by atoms with Crippen LogP contribution in [0.3, 0.4) is 0 Å². The summed E-state index contributed by atoms with van der Waals surface area (Å²) in [6.07, 6.45) is 6.31. The SMILES string of the molecule is C=CC(=O)Nc1ccc(NC(=O)c2ccc(C)c(Nc3nccc(-c4cccnc4)n3)c2)cc1. The first-order chi connectivity index (χ1) is 16.5. The summed E-state index contributed by atoms with van der Waals surface area (Å²) in [7, 11) is 0. The summed E-state index contributed by atoms with van der Waals surface area (Å²) in [5.74, 6) is -0.151. The second-order valence-corrected chi connectivity index (χ2v) is 7.39. The molecule has 168 valence electrons. The van der Waals surface area contributed by atoms with Crippen LogP contribution in [0.25, 0.3) is 11.3 Å². The van der Waals surface area contributed by atoms with Gasteiger partial charge in [-0.2, -0.15) is 0 Å². The molecule has 2 aromatic heterocycles. The van der Waals surface area contributed by atoms with Gasteiger partial charge >= 0.3 is 0 Å². The van der Waals surface area contributed by atoms with Gasteiger partial charge in [0.25, 0.3) is 5.91 Å². The van der Waals surface area contributed by atoms with Crippen LogP contribution in [0, 0.1) is 6.92 Å². The second kappa shape index (κ2) is 10.2. The lowest BCUT2D eigenvalue weighted by Gasteiger charge is -2.12. The average molecular weight is 451 g/mol. The van der Waals surface area contributed by atoms with E-state index in [4.69, 9.17) is 0 Å². The Morgan fingerprint density at radius 1 is 0.941 bits per heavy atom. The number of anilines is 4. The lowest BCUT2D eigenvalue weighted by Crippen LogP contribution is -2.13. The topological polar surface area (TPSA) is 109 Å². The summed E-state index contributed by atoms with van der Waals surface area (Å²) in [6, 6.07) is 17.8. The number of rotatable bonds is 7. The van der Waals surface area contributed by atoms with Gasteiger partial charge in [-0.3, -0.25) is 14.6 Å². The summed E-state index contributed by atoms with van der Waals surface area (Å²) in [6.45, 7) is 5.36. The van der Waals surface area contributed by atoms with Crippen LogP contribution in [-0.2, 0) is 4.79 Å². The van der Waals surface area contributed by atoms with E-state index in [9.17, 15) is 9.59 Å². The van der Waals surface area contributed by atoms with E-state index in [0.29, 0.717) is 22.9 Å². The number of amides is 2. The molecule has 3 N–H and O–H groups in total. The van der Waals surface area contributed by atoms with Gasteiger partial charge in [0.1, 0.15) is 0 Å². The molecule has 0 aliphatic carbocycles. The first-order valence-electron chi connectivity index (χ1n) is 10.5. The molecule has 8 heteroatoms. The van der Waals surface area contributed by atoms with E-state index in [1.165, 1.54) is 6.08 Å². The molecule has 0 atom stereocenters. The molecule has 0 spiro atoms. The van der Waals surface area contributed by atoms with Crippen molar-refractivity contribution in [3.63, 3.8) is 0 Å². The zero-order valence-electron chi connectivity index (χ0n) is 18.4. The molecule has 34 heavy (non-hydrogen) atoms. The Bertz CT molecular complexity index is 1340. The number of hydrogen-bond acceptors (Lipinski definition) is 6. The van der Waals surface area contributed by atoms with E-state index in [-0.39, 0.29) is 11.8 Å². The maximum atomic E-state index is 12.8. The van der Waals surface area contributed by atoms with Gasteiger partial charge in [-0.15, -0.1) is 0 Å². The van der Waals surface area contributed by atoms with Gasteiger partial charge in [-0.25, -0.2) is 9.97 Å². The van der Waals surface area contributed by atoms with Crippen LogP contribution < -0.4 is 16.0 Å². The Morgan fingerprint density at radius 2 is 1.71 bits per heavy atom. The standard InChI is InChI=1S/C26H22N6O2/c1-3-24(33)29-20-8-10-21(11-9-20)30-25(34)18-7-6-17(2)23(15-18)32-26-28-14-12-22(31-26)19-5-4-13-27-16-19/h3-16H,1H2,2H3,(H,29,33)(H,30,34)(H,28,31,32). The molecular formula is C26H22N6O2. The van der Waals surface area contributed by atoms with Crippen LogP contribution in [0.15, 0.2) is 91.9 Å². The van der Waals surface area contributed by atoms with Crippen LogP contribution >= 0.6 is 0 Å². The quantitative estimate of drug-likeness (QED) is 0.343. The number of pyridine rings is 1. The number of aryl methyl sites for hydroxylation is 1. The number of aromatic nitrogens is 3. The fourth-order valence-corrected chi connectivity index (χ4v) is 3.15. The zero-order valence-corrected chi connectivity index (χ0v) is 18.4. The summed E-state index contributed by atoms with van der Waals surface area (Å²) >= 11 is 0. The molecule has 2 aromatic carbocycles. The lowest BCUT2D eigenvalue weighted by atomic mass is 10.1. The highest BCUT2D eigenvalue weighted by Gasteiger charge is 2.11. The van der Waals surface area contributed by atoms with Gasteiger partial charge in [-0.05, 0) is 73.2 Å². The van der Waals surface area contributed by atoms with Gasteiger partial charge in [0.05, 0.1) is 5.69 Å². The van der Waals surface area contributed by atoms with Crippen LogP contribution in [0.5, 0.6) is 0 Å². The molecule has 0 saturated heterocycles. The zero-order chi connectivity index (χ0) is 23.9. The Hall–Kier alpha value is -4.85. The molecule has 4 rings (SSSR count). The van der Waals surface area contributed by atoms with Crippen molar-refractivity contribution in [1.29, 1.82) is 0 Å². The maximum absolute atomic E-state index is 12.8. The highest BCUT2D eigenvalue weighted by molar-refractivity contribution is 6.05. The lowest BCUT2D eigenvalue weighted by molar-refractivity contribution is -0.111. The van der Waals surface area contributed by atoms with Crippen LogP contribution in [0.2, 0.25) is 0 Å². The van der Waals surface area contributed by atoms with E-state index in [0.717, 1.165) is 22.5 Å². The van der Waals surface area contributed by atoms with Gasteiger partial charge in [-0.1, -0.05) is 12.6 Å². The number of carbonyl (C=O) groups excluding carboxylic acids is 2. The minimum atomic E-state index is -0.300. The molecule has 4 aromatic rings. The maximum Gasteiger partial charge on any atom is 0.255 e. The van der Waals surface area contributed by atoms with Crippen molar-refractivity contribution in [2.45, 2.75) is 6.92 Å². The van der Waals surface area contributed by atoms with Crippen molar-refractivity contribution < 1.29 is 9.59 Å². The van der Waals surface area contributed by atoms with Gasteiger partial charge in [0, 0.05) is 46.8 Å². The van der Waals surface area contributed by atoms with Gasteiger partial charge < -0.3 is 16.0 Å². The van der Waals surface area contributed by atoms with Crippen molar-refractivity contribution in [2.24, 2.45) is 0 Å². The largest absolute Gasteiger partial charge is 0.324 e. The van der Waals surface area contributed by atoms with Gasteiger partial charge in [0.15, 0.2) is 0 Å². The Labute approximate surface area is 196 Å². The molecular weight excluding hydrogens is 428 g/mol. The third kappa shape index (κ3) is 5.49. The van der Waals surface area contributed by atoms with Crippen molar-refractivity contribution in [2.75, 3.05) is 16.0 Å². The van der Waals surface area contributed by atoms with Gasteiger partial charge in [0.2, 0.25) is 11.9 Å². The number of hydrogen-bond donors (Lipinski definition) is 3. The minimum absolute atomic E-state index is 0.268. The van der Waals surface area contributed by atoms with Crippen LogP contribution in [0.1, 0.15) is 15.9 Å². The van der Waals surface area contributed by atoms with Crippen molar-refractivity contribution in [1.82, 2.24) is 15.0 Å². The molecule has 0 radical (unpaired) electrons. The summed E-state index contributed by atoms with van der Waals surface area (Å²) in [5, 5.41) is 8.72. The number of nitrogens with zero attached hydrogens (tertiary/aromatic N) is 3. The van der Waals surface area contributed by atoms with Crippen molar-refractivity contribution in [3.8, 4) is 11.3 Å². The highest BCUT2D eigenvalue weighted by atomic mass is 16.2. The first-order valence-corrected chi connectivity index (χ1v) is 10.5. The molecule has 0 saturated carbocycles. The fraction of sp³-hybridized carbons (Fsp3) is 0.0385. The summed E-state index contributed by atoms with van der Waals surface area (Å²) in [4.78, 5) is 37.2. The minimum Gasteiger partial charge on any atom is -0.324 e. The first kappa shape index (κ1) is 22.3. The van der Waals surface area contributed by atoms with E-state index in [2.05, 4.69) is 37.5 Å². The predicted octanol–water partition coefficient (Wildman–Crippen LogP) is 4.97. The molecule has 0 aliphatic rings. The molecule has 0 bridgehead atoms. The van der Waals surface area contributed by atoms with Crippen LogP contribution in [0.4, 0.5) is 23.0 Å². The molecule has 0 unspecified atom stereocenters. The van der Waals surface area contributed by atoms with E-state index in [1.807, 2.05) is 31.2 Å². The smallest absolute Gasteiger partial charge is 0.255 e. The Balaban J connectivity index is 1.48. The third-order valence-corrected chi connectivity index (χ3v) is 4.95. The molecule has 0 fully saturated rings. The third-order valence-electron chi connectivity index (χ3n) is 4.95. The normalized spacial score (nSPS) is 10.3. The van der Waals surface area contributed by atoms with Crippen LogP contribution in [-0.4, -0.2) is 26.8 Å².